The maximum Gasteiger partial charge on any atom is 0.258 e. The highest BCUT2D eigenvalue weighted by molar-refractivity contribution is 6.03. The lowest BCUT2D eigenvalue weighted by Gasteiger charge is -2.36. The third-order valence-electron chi connectivity index (χ3n) is 5.89. The van der Waals surface area contributed by atoms with E-state index in [-0.39, 0.29) is 5.78 Å². The van der Waals surface area contributed by atoms with E-state index in [0.717, 1.165) is 24.3 Å². The first-order valence-electron chi connectivity index (χ1n) is 12.3. The third kappa shape index (κ3) is 10.3. The molecule has 0 spiro atoms. The van der Waals surface area contributed by atoms with Crippen LogP contribution in [-0.4, -0.2) is 43.1 Å². The van der Waals surface area contributed by atoms with Crippen LogP contribution >= 0.6 is 0 Å². The number of ketones is 1. The van der Waals surface area contributed by atoms with Crippen molar-refractivity contribution in [1.82, 2.24) is 10.8 Å². The molecule has 0 radical (unpaired) electrons. The summed E-state index contributed by atoms with van der Waals surface area (Å²) in [5, 5.41) is 10.5. The van der Waals surface area contributed by atoms with Crippen LogP contribution in [0, 0.1) is 17.8 Å². The Bertz CT molecular complexity index is 923. The van der Waals surface area contributed by atoms with E-state index in [2.05, 4.69) is 50.4 Å². The lowest BCUT2D eigenvalue weighted by atomic mass is 9.86. The Kier molecular flexibility index (Phi) is 14.5. The number of hydroxylamine groups is 1. The fourth-order valence-electron chi connectivity index (χ4n) is 2.85. The van der Waals surface area contributed by atoms with Crippen molar-refractivity contribution >= 4 is 17.6 Å². The number of hydrogen-bond acceptors (Lipinski definition) is 5. The first kappa shape index (κ1) is 33.0. The fraction of sp³-hybridized carbons (Fsp3) is 0.483. The van der Waals surface area contributed by atoms with E-state index in [1.54, 1.807) is 6.92 Å². The molecule has 3 rings (SSSR count). The predicted octanol–water partition coefficient (Wildman–Crippen LogP) is 5.59. The minimum atomic E-state index is -1.23. The molecule has 0 aliphatic carbocycles. The fourth-order valence-corrected chi connectivity index (χ4v) is 2.85. The number of hydrogen-bond donors (Lipinski definition) is 3. The molecule has 1 aliphatic rings. The molecular weight excluding hydrogens is 456 g/mol. The number of Topliss-reactive ketones (excluding diaryl/α,β-unsaturated/α-hetero) is 1. The van der Waals surface area contributed by atoms with Gasteiger partial charge in [-0.3, -0.25) is 19.6 Å². The first-order chi connectivity index (χ1) is 16.9. The van der Waals surface area contributed by atoms with Crippen molar-refractivity contribution in [1.29, 1.82) is 0 Å². The van der Waals surface area contributed by atoms with E-state index in [9.17, 15) is 14.4 Å². The van der Waals surface area contributed by atoms with Gasteiger partial charge in [0.15, 0.2) is 5.78 Å². The zero-order valence-electron chi connectivity index (χ0n) is 23.3. The lowest BCUT2D eigenvalue weighted by Crippen LogP contribution is -2.45. The molecule has 2 amide bonds. The van der Waals surface area contributed by atoms with E-state index in [1.165, 1.54) is 43.9 Å². The first-order valence-corrected chi connectivity index (χ1v) is 12.3. The van der Waals surface area contributed by atoms with Gasteiger partial charge in [0.1, 0.15) is 5.41 Å². The molecule has 3 N–H and O–H groups in total. The van der Waals surface area contributed by atoms with Gasteiger partial charge in [0, 0.05) is 18.0 Å². The molecule has 1 fully saturated rings. The predicted molar refractivity (Wildman–Crippen MR) is 145 cm³/mol. The maximum atomic E-state index is 11.1. The van der Waals surface area contributed by atoms with Gasteiger partial charge in [0.05, 0.1) is 13.2 Å². The van der Waals surface area contributed by atoms with Crippen LogP contribution in [0.1, 0.15) is 70.8 Å². The molecule has 0 saturated carbocycles. The summed E-state index contributed by atoms with van der Waals surface area (Å²) in [4.78, 5) is 32.9. The van der Waals surface area contributed by atoms with Gasteiger partial charge in [-0.25, -0.2) is 5.48 Å². The molecular formula is C29H44N2O5. The van der Waals surface area contributed by atoms with Gasteiger partial charge in [-0.05, 0) is 45.2 Å². The largest absolute Gasteiger partial charge is 0.380 e. The van der Waals surface area contributed by atoms with Gasteiger partial charge in [0.2, 0.25) is 5.91 Å². The molecule has 36 heavy (non-hydrogen) atoms. The Labute approximate surface area is 216 Å². The lowest BCUT2D eigenvalue weighted by molar-refractivity contribution is -0.146. The van der Waals surface area contributed by atoms with Crippen LogP contribution in [0.2, 0.25) is 0 Å². The molecule has 0 atom stereocenters. The monoisotopic (exact) mass is 500 g/mol. The Morgan fingerprint density at radius 1 is 0.944 bits per heavy atom. The average Bonchev–Trinajstić information content (AvgIpc) is 2.88. The number of rotatable bonds is 5. The smallest absolute Gasteiger partial charge is 0.258 e. The quantitative estimate of drug-likeness (QED) is 0.215. The van der Waals surface area contributed by atoms with Crippen molar-refractivity contribution < 1.29 is 24.3 Å². The normalized spacial score (nSPS) is 13.1. The van der Waals surface area contributed by atoms with Crippen molar-refractivity contribution in [3.05, 3.63) is 59.7 Å². The van der Waals surface area contributed by atoms with Crippen LogP contribution in [0.25, 0.3) is 11.1 Å². The molecule has 7 nitrogen and oxygen atoms in total. The molecule has 2 aromatic rings. The van der Waals surface area contributed by atoms with Gasteiger partial charge in [-0.15, -0.1) is 0 Å². The second-order valence-corrected chi connectivity index (χ2v) is 9.30. The summed E-state index contributed by atoms with van der Waals surface area (Å²) in [6.45, 7) is 16.9. The Morgan fingerprint density at radius 2 is 1.39 bits per heavy atom. The van der Waals surface area contributed by atoms with Crippen molar-refractivity contribution in [3.8, 4) is 11.1 Å². The zero-order chi connectivity index (χ0) is 27.9. The third-order valence-corrected chi connectivity index (χ3v) is 5.89. The topological polar surface area (TPSA) is 105 Å². The van der Waals surface area contributed by atoms with Gasteiger partial charge < -0.3 is 10.1 Å². The number of carbonyl (C=O) groups is 3. The molecule has 1 saturated heterocycles. The summed E-state index contributed by atoms with van der Waals surface area (Å²) in [5.74, 6) is -1.06. The molecule has 0 aromatic heterocycles. The van der Waals surface area contributed by atoms with E-state index in [0.29, 0.717) is 5.41 Å². The molecule has 2 aromatic carbocycles. The minimum absolute atomic E-state index is 0.107. The number of amides is 2. The number of benzene rings is 2. The number of aryl methyl sites for hydroxylation is 1. The van der Waals surface area contributed by atoms with Crippen LogP contribution in [0.3, 0.4) is 0 Å². The molecule has 1 heterocycles. The molecule has 7 heteroatoms. The van der Waals surface area contributed by atoms with E-state index >= 15 is 0 Å². The van der Waals surface area contributed by atoms with Crippen LogP contribution < -0.4 is 10.8 Å². The van der Waals surface area contributed by atoms with Crippen LogP contribution in [0.5, 0.6) is 0 Å². The Balaban J connectivity index is 0.000000532. The Hall–Kier alpha value is -3.03. The summed E-state index contributed by atoms with van der Waals surface area (Å²) in [6, 6.07) is 16.1. The van der Waals surface area contributed by atoms with Crippen molar-refractivity contribution in [2.75, 3.05) is 20.3 Å². The highest BCUT2D eigenvalue weighted by Gasteiger charge is 2.35. The number of carbonyl (C=O) groups excluding carboxylic acids is 3. The van der Waals surface area contributed by atoms with Gasteiger partial charge in [-0.1, -0.05) is 81.8 Å². The second-order valence-electron chi connectivity index (χ2n) is 9.30. The molecule has 0 bridgehead atoms. The van der Waals surface area contributed by atoms with Crippen LogP contribution in [0.15, 0.2) is 48.5 Å². The van der Waals surface area contributed by atoms with Crippen molar-refractivity contribution in [2.45, 2.75) is 61.8 Å². The maximum absolute atomic E-state index is 11.1. The summed E-state index contributed by atoms with van der Waals surface area (Å²) in [5.41, 5.74) is 5.07. The highest BCUT2D eigenvalue weighted by atomic mass is 16.5. The number of nitrogens with one attached hydrogen (secondary N) is 2. The summed E-state index contributed by atoms with van der Waals surface area (Å²) >= 11 is 0. The van der Waals surface area contributed by atoms with Gasteiger partial charge in [0.25, 0.3) is 5.91 Å². The second kappa shape index (κ2) is 15.9. The summed E-state index contributed by atoms with van der Waals surface area (Å²) in [6.07, 6.45) is 1.26. The highest BCUT2D eigenvalue weighted by Crippen LogP contribution is 2.29. The summed E-state index contributed by atoms with van der Waals surface area (Å²) < 4.78 is 5.03. The molecule has 1 aliphatic heterocycles. The van der Waals surface area contributed by atoms with E-state index in [1.807, 2.05) is 38.1 Å². The Morgan fingerprint density at radius 3 is 1.67 bits per heavy atom. The van der Waals surface area contributed by atoms with Gasteiger partial charge >= 0.3 is 0 Å². The summed E-state index contributed by atoms with van der Waals surface area (Å²) in [7, 11) is 1.43. The minimum Gasteiger partial charge on any atom is -0.380 e. The molecule has 200 valence electrons. The van der Waals surface area contributed by atoms with Crippen LogP contribution in [0.4, 0.5) is 0 Å². The van der Waals surface area contributed by atoms with E-state index in [4.69, 9.17) is 9.94 Å². The number of ether oxygens (including phenoxy) is 1. The molecule has 0 unspecified atom stereocenters. The van der Waals surface area contributed by atoms with Crippen LogP contribution in [-0.2, 0) is 14.3 Å². The SMILES string of the molecule is CC.CC(=O)c1ccc(-c2ccc(C)cc2)cc1.CCC1(C)COC1.CNC(=O)C(C)(C)C(=O)NO. The standard InChI is InChI=1S/C15H14O.C6H12N2O3.C6H12O.C2H6/c1-11-3-5-14(6-4-11)15-9-7-13(8-10-15)12(2)16;1-6(2,4(9)7-3)5(10)8-11;1-3-6(2)4-7-5-6;1-2/h3-10H,1-2H3;11H,1-3H3,(H,7,9)(H,8,10);3-5H2,1-2H3;1-2H3. The zero-order valence-corrected chi connectivity index (χ0v) is 23.3. The van der Waals surface area contributed by atoms with Crippen molar-refractivity contribution in [3.63, 3.8) is 0 Å². The van der Waals surface area contributed by atoms with E-state index < -0.39 is 17.2 Å². The van der Waals surface area contributed by atoms with Gasteiger partial charge in [-0.2, -0.15) is 0 Å². The average molecular weight is 501 g/mol. The van der Waals surface area contributed by atoms with Crippen molar-refractivity contribution in [2.24, 2.45) is 10.8 Å².